The van der Waals surface area contributed by atoms with E-state index in [1.807, 2.05) is 0 Å². The number of hydrogen-bond acceptors (Lipinski definition) is 5. The molecule has 2 N–H and O–H groups in total. The van der Waals surface area contributed by atoms with Gasteiger partial charge in [0.1, 0.15) is 5.56 Å². The van der Waals surface area contributed by atoms with E-state index in [1.165, 1.54) is 12.5 Å². The standard InChI is InChI=1S/C12H9FN2O5/c13-9-4-11(15(18)19)8(12(16)17)3-10(9)14-5-7-1-2-20-6-7/h1-4,6,14H,5H2,(H,16,17). The van der Waals surface area contributed by atoms with Gasteiger partial charge in [-0.05, 0) is 12.1 Å². The van der Waals surface area contributed by atoms with Crippen molar-refractivity contribution in [1.82, 2.24) is 0 Å². The van der Waals surface area contributed by atoms with Crippen LogP contribution in [0.4, 0.5) is 15.8 Å². The molecule has 0 unspecified atom stereocenters. The Labute approximate surface area is 111 Å². The lowest BCUT2D eigenvalue weighted by Gasteiger charge is -2.07. The van der Waals surface area contributed by atoms with Crippen LogP contribution in [0.3, 0.4) is 0 Å². The molecule has 20 heavy (non-hydrogen) atoms. The molecule has 1 aromatic heterocycles. The molecule has 0 amide bonds. The Kier molecular flexibility index (Phi) is 3.65. The second-order valence-corrected chi connectivity index (χ2v) is 3.90. The number of anilines is 1. The molecule has 2 aromatic rings. The van der Waals surface area contributed by atoms with Crippen LogP contribution in [0, 0.1) is 15.9 Å². The van der Waals surface area contributed by atoms with E-state index in [0.29, 0.717) is 6.07 Å². The third kappa shape index (κ3) is 2.74. The smallest absolute Gasteiger partial charge is 0.342 e. The van der Waals surface area contributed by atoms with Gasteiger partial charge in [0.25, 0.3) is 5.69 Å². The van der Waals surface area contributed by atoms with Gasteiger partial charge in [-0.2, -0.15) is 0 Å². The molecule has 0 radical (unpaired) electrons. The van der Waals surface area contributed by atoms with Gasteiger partial charge in [-0.1, -0.05) is 0 Å². The van der Waals surface area contributed by atoms with Crippen molar-refractivity contribution in [2.75, 3.05) is 5.32 Å². The summed E-state index contributed by atoms with van der Waals surface area (Å²) >= 11 is 0. The van der Waals surface area contributed by atoms with Crippen molar-refractivity contribution in [2.45, 2.75) is 6.54 Å². The van der Waals surface area contributed by atoms with Crippen molar-refractivity contribution >= 4 is 17.3 Å². The average molecular weight is 280 g/mol. The molecule has 0 aliphatic rings. The second kappa shape index (κ2) is 5.39. The first-order valence-corrected chi connectivity index (χ1v) is 5.45. The largest absolute Gasteiger partial charge is 0.477 e. The van der Waals surface area contributed by atoms with Gasteiger partial charge in [0.15, 0.2) is 5.82 Å². The zero-order valence-electron chi connectivity index (χ0n) is 10.00. The minimum Gasteiger partial charge on any atom is -0.477 e. The zero-order chi connectivity index (χ0) is 14.7. The lowest BCUT2D eigenvalue weighted by Crippen LogP contribution is -2.07. The van der Waals surface area contributed by atoms with E-state index in [4.69, 9.17) is 9.52 Å². The number of aromatic carboxylic acids is 1. The summed E-state index contributed by atoms with van der Waals surface area (Å²) in [6, 6.07) is 3.13. The molecule has 1 aromatic carbocycles. The molecule has 0 atom stereocenters. The summed E-state index contributed by atoms with van der Waals surface area (Å²) in [7, 11) is 0. The van der Waals surface area contributed by atoms with Crippen molar-refractivity contribution in [2.24, 2.45) is 0 Å². The molecular weight excluding hydrogens is 271 g/mol. The fourth-order valence-electron chi connectivity index (χ4n) is 1.61. The first-order valence-electron chi connectivity index (χ1n) is 5.45. The number of carboxylic acids is 1. The van der Waals surface area contributed by atoms with E-state index >= 15 is 0 Å². The minimum atomic E-state index is -1.50. The monoisotopic (exact) mass is 280 g/mol. The normalized spacial score (nSPS) is 10.2. The lowest BCUT2D eigenvalue weighted by molar-refractivity contribution is -0.385. The topological polar surface area (TPSA) is 106 Å². The highest BCUT2D eigenvalue weighted by Crippen LogP contribution is 2.26. The molecule has 0 spiro atoms. The van der Waals surface area contributed by atoms with Gasteiger partial charge in [-0.3, -0.25) is 10.1 Å². The molecule has 0 aliphatic carbocycles. The van der Waals surface area contributed by atoms with Crippen LogP contribution in [0.1, 0.15) is 15.9 Å². The van der Waals surface area contributed by atoms with E-state index in [9.17, 15) is 19.3 Å². The van der Waals surface area contributed by atoms with Gasteiger partial charge < -0.3 is 14.8 Å². The Morgan fingerprint density at radius 3 is 2.80 bits per heavy atom. The third-order valence-electron chi connectivity index (χ3n) is 2.58. The first kappa shape index (κ1) is 13.5. The highest BCUT2D eigenvalue weighted by atomic mass is 19.1. The van der Waals surface area contributed by atoms with Gasteiger partial charge in [0, 0.05) is 12.1 Å². The number of nitro benzene ring substituents is 1. The Hall–Kier alpha value is -2.90. The number of halogens is 1. The van der Waals surface area contributed by atoms with Gasteiger partial charge >= 0.3 is 5.97 Å². The quantitative estimate of drug-likeness (QED) is 0.644. The van der Waals surface area contributed by atoms with Crippen LogP contribution in [0.5, 0.6) is 0 Å². The highest BCUT2D eigenvalue weighted by Gasteiger charge is 2.23. The number of carboxylic acid groups (broad SMARTS) is 1. The second-order valence-electron chi connectivity index (χ2n) is 3.90. The number of rotatable bonds is 5. The number of nitro groups is 1. The van der Waals surface area contributed by atoms with E-state index in [0.717, 1.165) is 11.6 Å². The minimum absolute atomic E-state index is 0.130. The van der Waals surface area contributed by atoms with Crippen LogP contribution in [0.25, 0.3) is 0 Å². The van der Waals surface area contributed by atoms with Crippen LogP contribution in [0.15, 0.2) is 35.1 Å². The van der Waals surface area contributed by atoms with Crippen molar-refractivity contribution in [1.29, 1.82) is 0 Å². The summed E-state index contributed by atoms with van der Waals surface area (Å²) in [5.74, 6) is -2.40. The van der Waals surface area contributed by atoms with E-state index < -0.39 is 28.0 Å². The van der Waals surface area contributed by atoms with Crippen molar-refractivity contribution < 1.29 is 23.6 Å². The SMILES string of the molecule is O=C(O)c1cc(NCc2ccoc2)c(F)cc1[N+](=O)[O-]. The average Bonchev–Trinajstić information content (AvgIpc) is 2.89. The fourth-order valence-corrected chi connectivity index (χ4v) is 1.61. The molecule has 0 aliphatic heterocycles. The maximum atomic E-state index is 13.7. The summed E-state index contributed by atoms with van der Waals surface area (Å²) in [5, 5.41) is 22.2. The molecule has 0 bridgehead atoms. The van der Waals surface area contributed by atoms with Crippen LogP contribution < -0.4 is 5.32 Å². The van der Waals surface area contributed by atoms with Crippen molar-refractivity contribution in [3.63, 3.8) is 0 Å². The molecule has 0 saturated heterocycles. The highest BCUT2D eigenvalue weighted by molar-refractivity contribution is 5.93. The van der Waals surface area contributed by atoms with Gasteiger partial charge in [0.05, 0.1) is 29.2 Å². The predicted octanol–water partition coefficient (Wildman–Crippen LogP) is 2.64. The zero-order valence-corrected chi connectivity index (χ0v) is 10.00. The van der Waals surface area contributed by atoms with E-state index in [2.05, 4.69) is 5.32 Å². The molecular formula is C12H9FN2O5. The molecule has 8 heteroatoms. The van der Waals surface area contributed by atoms with Crippen LogP contribution >= 0.6 is 0 Å². The number of nitrogens with zero attached hydrogens (tertiary/aromatic N) is 1. The number of nitrogens with one attached hydrogen (secondary N) is 1. The van der Waals surface area contributed by atoms with Crippen LogP contribution in [0.2, 0.25) is 0 Å². The maximum absolute atomic E-state index is 13.7. The predicted molar refractivity (Wildman–Crippen MR) is 66.0 cm³/mol. The molecule has 104 valence electrons. The van der Waals surface area contributed by atoms with Crippen LogP contribution in [-0.4, -0.2) is 16.0 Å². The number of hydrogen-bond donors (Lipinski definition) is 2. The van der Waals surface area contributed by atoms with Gasteiger partial charge in [-0.15, -0.1) is 0 Å². The fraction of sp³-hybridized carbons (Fsp3) is 0.0833. The molecule has 7 nitrogen and oxygen atoms in total. The Morgan fingerprint density at radius 1 is 1.50 bits per heavy atom. The van der Waals surface area contributed by atoms with E-state index in [1.54, 1.807) is 6.07 Å². The van der Waals surface area contributed by atoms with Crippen molar-refractivity contribution in [3.05, 3.63) is 57.8 Å². The number of furan rings is 1. The summed E-state index contributed by atoms with van der Waals surface area (Å²) in [4.78, 5) is 20.7. The molecule has 2 rings (SSSR count). The number of carbonyl (C=O) groups is 1. The summed E-state index contributed by atoms with van der Waals surface area (Å²) in [6.07, 6.45) is 2.88. The third-order valence-corrected chi connectivity index (χ3v) is 2.58. The summed E-state index contributed by atoms with van der Waals surface area (Å²) in [6.45, 7) is 0.199. The maximum Gasteiger partial charge on any atom is 0.342 e. The van der Waals surface area contributed by atoms with E-state index in [-0.39, 0.29) is 12.2 Å². The first-order chi connectivity index (χ1) is 9.49. The Balaban J connectivity index is 2.31. The molecule has 0 saturated carbocycles. The number of benzene rings is 1. The molecule has 0 fully saturated rings. The lowest BCUT2D eigenvalue weighted by atomic mass is 10.1. The molecule has 1 heterocycles. The Bertz CT molecular complexity index is 654. The van der Waals surface area contributed by atoms with Crippen LogP contribution in [-0.2, 0) is 6.54 Å². The summed E-state index contributed by atoms with van der Waals surface area (Å²) < 4.78 is 18.5. The summed E-state index contributed by atoms with van der Waals surface area (Å²) in [5.41, 5.74) is -0.774. The van der Waals surface area contributed by atoms with Crippen molar-refractivity contribution in [3.8, 4) is 0 Å². The Morgan fingerprint density at radius 2 is 2.25 bits per heavy atom. The van der Waals surface area contributed by atoms with Gasteiger partial charge in [-0.25, -0.2) is 9.18 Å². The van der Waals surface area contributed by atoms with Gasteiger partial charge in [0.2, 0.25) is 0 Å².